The molecule has 3 heteroatoms. The van der Waals surface area contributed by atoms with Gasteiger partial charge in [-0.2, -0.15) is 0 Å². The first-order chi connectivity index (χ1) is 9.65. The average Bonchev–Trinajstić information content (AvgIpc) is 2.90. The summed E-state index contributed by atoms with van der Waals surface area (Å²) in [7, 11) is 4.14. The molecule has 1 atom stereocenters. The zero-order valence-electron chi connectivity index (χ0n) is 12.4. The minimum atomic E-state index is 0.376. The van der Waals surface area contributed by atoms with Gasteiger partial charge in [-0.05, 0) is 49.6 Å². The second kappa shape index (κ2) is 5.23. The number of aryl methyl sites for hydroxylation is 2. The number of nitrogens with zero attached hydrogens (tertiary/aromatic N) is 1. The van der Waals surface area contributed by atoms with Gasteiger partial charge in [0.25, 0.3) is 0 Å². The van der Waals surface area contributed by atoms with Crippen molar-refractivity contribution >= 4 is 11.4 Å². The monoisotopic (exact) mass is 270 g/mol. The number of nitrogens with one attached hydrogen (secondary N) is 1. The number of hydrogen-bond donors (Lipinski definition) is 1. The maximum absolute atomic E-state index is 5.56. The second-order valence-electron chi connectivity index (χ2n) is 5.78. The number of rotatable bonds is 3. The number of furan rings is 1. The van der Waals surface area contributed by atoms with E-state index in [9.17, 15) is 0 Å². The summed E-state index contributed by atoms with van der Waals surface area (Å²) in [5.41, 5.74) is 5.06. The van der Waals surface area contributed by atoms with Gasteiger partial charge in [0, 0.05) is 37.5 Å². The van der Waals surface area contributed by atoms with E-state index in [1.165, 1.54) is 35.3 Å². The van der Waals surface area contributed by atoms with Gasteiger partial charge >= 0.3 is 0 Å². The highest BCUT2D eigenvalue weighted by molar-refractivity contribution is 5.60. The van der Waals surface area contributed by atoms with Crippen molar-refractivity contribution in [3.8, 4) is 0 Å². The van der Waals surface area contributed by atoms with Gasteiger partial charge in [-0.1, -0.05) is 0 Å². The molecule has 0 amide bonds. The van der Waals surface area contributed by atoms with E-state index in [-0.39, 0.29) is 0 Å². The lowest BCUT2D eigenvalue weighted by molar-refractivity contribution is 0.461. The number of fused-ring (bicyclic) bond motifs is 1. The molecule has 1 aromatic carbocycles. The van der Waals surface area contributed by atoms with E-state index < -0.39 is 0 Å². The van der Waals surface area contributed by atoms with Crippen LogP contribution in [0.5, 0.6) is 0 Å². The summed E-state index contributed by atoms with van der Waals surface area (Å²) in [5, 5.41) is 3.68. The predicted octanol–water partition coefficient (Wildman–Crippen LogP) is 4.14. The van der Waals surface area contributed by atoms with E-state index in [0.29, 0.717) is 6.04 Å². The highest BCUT2D eigenvalue weighted by Gasteiger charge is 2.22. The Morgan fingerprint density at radius 1 is 1.25 bits per heavy atom. The maximum Gasteiger partial charge on any atom is 0.109 e. The van der Waals surface area contributed by atoms with Crippen molar-refractivity contribution in [2.75, 3.05) is 24.3 Å². The molecule has 0 bridgehead atoms. The van der Waals surface area contributed by atoms with E-state index in [2.05, 4.69) is 55.5 Å². The highest BCUT2D eigenvalue weighted by atomic mass is 16.3. The molecule has 0 aliphatic heterocycles. The van der Waals surface area contributed by atoms with E-state index in [1.54, 1.807) is 0 Å². The summed E-state index contributed by atoms with van der Waals surface area (Å²) in [6.07, 6.45) is 5.24. The summed E-state index contributed by atoms with van der Waals surface area (Å²) in [6.45, 7) is 2.16. The van der Waals surface area contributed by atoms with Crippen molar-refractivity contribution < 1.29 is 4.42 Å². The van der Waals surface area contributed by atoms with Crippen molar-refractivity contribution in [1.82, 2.24) is 0 Å². The minimum absolute atomic E-state index is 0.376. The van der Waals surface area contributed by atoms with Crippen LogP contribution in [0.25, 0.3) is 0 Å². The topological polar surface area (TPSA) is 28.4 Å². The lowest BCUT2D eigenvalue weighted by Crippen LogP contribution is -2.16. The van der Waals surface area contributed by atoms with Gasteiger partial charge in [-0.3, -0.25) is 0 Å². The van der Waals surface area contributed by atoms with Crippen LogP contribution in [0.2, 0.25) is 0 Å². The molecule has 1 heterocycles. The zero-order chi connectivity index (χ0) is 14.1. The maximum atomic E-state index is 5.56. The molecular formula is C17H22N2O. The Morgan fingerprint density at radius 3 is 2.85 bits per heavy atom. The van der Waals surface area contributed by atoms with Crippen LogP contribution < -0.4 is 10.2 Å². The molecule has 0 saturated carbocycles. The van der Waals surface area contributed by atoms with Gasteiger partial charge in [-0.25, -0.2) is 0 Å². The van der Waals surface area contributed by atoms with Crippen LogP contribution in [0.3, 0.4) is 0 Å². The Balaban J connectivity index is 1.83. The van der Waals surface area contributed by atoms with Crippen LogP contribution in [0.15, 0.2) is 34.9 Å². The van der Waals surface area contributed by atoms with Crippen LogP contribution in [0, 0.1) is 6.92 Å². The number of hydrogen-bond acceptors (Lipinski definition) is 3. The molecule has 1 N–H and O–H groups in total. The van der Waals surface area contributed by atoms with Crippen molar-refractivity contribution in [3.05, 3.63) is 47.4 Å². The average molecular weight is 270 g/mol. The minimum Gasteiger partial charge on any atom is -0.469 e. The molecule has 20 heavy (non-hydrogen) atoms. The highest BCUT2D eigenvalue weighted by Crippen LogP contribution is 2.34. The zero-order valence-corrected chi connectivity index (χ0v) is 12.4. The molecule has 0 radical (unpaired) electrons. The fraction of sp³-hybridized carbons (Fsp3) is 0.412. The van der Waals surface area contributed by atoms with Crippen LogP contribution in [-0.4, -0.2) is 14.1 Å². The number of anilines is 2. The van der Waals surface area contributed by atoms with E-state index in [4.69, 9.17) is 4.42 Å². The Bertz CT molecular complexity index is 601. The molecule has 2 aromatic rings. The molecule has 3 nitrogen and oxygen atoms in total. The van der Waals surface area contributed by atoms with Crippen LogP contribution in [0.1, 0.15) is 35.8 Å². The third-order valence-electron chi connectivity index (χ3n) is 4.11. The van der Waals surface area contributed by atoms with Crippen molar-refractivity contribution in [1.29, 1.82) is 0 Å². The van der Waals surface area contributed by atoms with E-state index >= 15 is 0 Å². The quantitative estimate of drug-likeness (QED) is 0.908. The lowest BCUT2D eigenvalue weighted by Gasteiger charge is -2.25. The summed E-state index contributed by atoms with van der Waals surface area (Å²) in [4.78, 5) is 2.13. The molecule has 1 aromatic heterocycles. The smallest absolute Gasteiger partial charge is 0.109 e. The predicted molar refractivity (Wildman–Crippen MR) is 83.5 cm³/mol. The van der Waals surface area contributed by atoms with Gasteiger partial charge in [0.2, 0.25) is 0 Å². The van der Waals surface area contributed by atoms with E-state index in [1.807, 2.05) is 6.26 Å². The summed E-state index contributed by atoms with van der Waals surface area (Å²) in [5.74, 6) is 1.15. The van der Waals surface area contributed by atoms with Crippen LogP contribution in [-0.2, 0) is 6.42 Å². The summed E-state index contributed by atoms with van der Waals surface area (Å²) in [6, 6.07) is 9.05. The van der Waals surface area contributed by atoms with Gasteiger partial charge in [-0.15, -0.1) is 0 Å². The Morgan fingerprint density at radius 2 is 2.10 bits per heavy atom. The van der Waals surface area contributed by atoms with Gasteiger partial charge in [0.15, 0.2) is 0 Å². The molecule has 0 spiro atoms. The molecular weight excluding hydrogens is 248 g/mol. The lowest BCUT2D eigenvalue weighted by atomic mass is 9.93. The third kappa shape index (κ3) is 2.40. The molecule has 3 rings (SSSR count). The summed E-state index contributed by atoms with van der Waals surface area (Å²) < 4.78 is 5.56. The Kier molecular flexibility index (Phi) is 3.43. The first kappa shape index (κ1) is 13.1. The van der Waals surface area contributed by atoms with Crippen LogP contribution in [0.4, 0.5) is 11.4 Å². The van der Waals surface area contributed by atoms with Crippen LogP contribution >= 0.6 is 0 Å². The van der Waals surface area contributed by atoms with Gasteiger partial charge in [0.05, 0.1) is 12.3 Å². The Hall–Kier alpha value is -1.90. The standard InChI is InChI=1S/C17H22N2O/c1-12-11-13(19(2)3)7-8-15(12)18-16-5-4-6-17-14(16)9-10-20-17/h7-11,16,18H,4-6H2,1-3H3. The molecule has 0 saturated heterocycles. The first-order valence-corrected chi connectivity index (χ1v) is 7.26. The molecule has 1 unspecified atom stereocenters. The fourth-order valence-electron chi connectivity index (χ4n) is 2.91. The first-order valence-electron chi connectivity index (χ1n) is 7.26. The normalized spacial score (nSPS) is 17.6. The van der Waals surface area contributed by atoms with Gasteiger partial charge in [0.1, 0.15) is 5.76 Å². The van der Waals surface area contributed by atoms with Crippen molar-refractivity contribution in [3.63, 3.8) is 0 Å². The third-order valence-corrected chi connectivity index (χ3v) is 4.11. The van der Waals surface area contributed by atoms with Gasteiger partial charge < -0.3 is 14.6 Å². The van der Waals surface area contributed by atoms with Crippen molar-refractivity contribution in [2.24, 2.45) is 0 Å². The largest absolute Gasteiger partial charge is 0.469 e. The summed E-state index contributed by atoms with van der Waals surface area (Å²) >= 11 is 0. The molecule has 0 fully saturated rings. The fourth-order valence-corrected chi connectivity index (χ4v) is 2.91. The molecule has 1 aliphatic rings. The SMILES string of the molecule is Cc1cc(N(C)C)ccc1NC1CCCc2occc21. The second-order valence-corrected chi connectivity index (χ2v) is 5.78. The molecule has 1 aliphatic carbocycles. The van der Waals surface area contributed by atoms with E-state index in [0.717, 1.165) is 12.2 Å². The Labute approximate surface area is 120 Å². The number of benzene rings is 1. The molecule has 106 valence electrons. The van der Waals surface area contributed by atoms with Crippen molar-refractivity contribution in [2.45, 2.75) is 32.2 Å².